The molecule has 3 heteroatoms. The Hall–Kier alpha value is -1.06. The van der Waals surface area contributed by atoms with Gasteiger partial charge in [-0.3, -0.25) is 0 Å². The van der Waals surface area contributed by atoms with Gasteiger partial charge >= 0.3 is 0 Å². The minimum atomic E-state index is 0.237. The second-order valence-corrected chi connectivity index (χ2v) is 6.15. The summed E-state index contributed by atoms with van der Waals surface area (Å²) < 4.78 is 5.67. The first kappa shape index (κ1) is 15.3. The van der Waals surface area contributed by atoms with Crippen molar-refractivity contribution in [2.75, 3.05) is 20.1 Å². The van der Waals surface area contributed by atoms with E-state index in [1.54, 1.807) is 0 Å². The van der Waals surface area contributed by atoms with Crippen molar-refractivity contribution in [1.82, 2.24) is 10.2 Å². The molecule has 0 bridgehead atoms. The van der Waals surface area contributed by atoms with Crippen LogP contribution in [0.1, 0.15) is 38.7 Å². The van der Waals surface area contributed by atoms with Crippen LogP contribution in [-0.4, -0.2) is 37.2 Å². The first-order chi connectivity index (χ1) is 9.63. The summed E-state index contributed by atoms with van der Waals surface area (Å²) in [7, 11) is 2.20. The van der Waals surface area contributed by atoms with Crippen LogP contribution in [0.3, 0.4) is 0 Å². The Balaban J connectivity index is 1.79. The SMILES string of the molecule is CC(C)Oc1ccc(CN(C)CC2CCCCN2)cc1. The minimum absolute atomic E-state index is 0.237. The summed E-state index contributed by atoms with van der Waals surface area (Å²) in [5.74, 6) is 0.959. The summed E-state index contributed by atoms with van der Waals surface area (Å²) in [6.07, 6.45) is 4.25. The average Bonchev–Trinajstić information content (AvgIpc) is 2.41. The van der Waals surface area contributed by atoms with Crippen LogP contribution in [0, 0.1) is 0 Å². The van der Waals surface area contributed by atoms with Crippen molar-refractivity contribution in [3.8, 4) is 5.75 Å². The molecule has 1 aromatic carbocycles. The predicted octanol–water partition coefficient (Wildman–Crippen LogP) is 3.05. The monoisotopic (exact) mass is 276 g/mol. The third-order valence-corrected chi connectivity index (χ3v) is 3.69. The molecule has 1 aromatic rings. The molecule has 20 heavy (non-hydrogen) atoms. The third kappa shape index (κ3) is 5.14. The molecule has 0 radical (unpaired) electrons. The molecular formula is C17H28N2O. The Labute approximate surface area is 123 Å². The van der Waals surface area contributed by atoms with Gasteiger partial charge in [-0.25, -0.2) is 0 Å². The smallest absolute Gasteiger partial charge is 0.119 e. The van der Waals surface area contributed by atoms with E-state index in [1.165, 1.54) is 31.4 Å². The zero-order valence-electron chi connectivity index (χ0n) is 13.1. The number of hydrogen-bond acceptors (Lipinski definition) is 3. The summed E-state index contributed by atoms with van der Waals surface area (Å²) in [4.78, 5) is 2.40. The third-order valence-electron chi connectivity index (χ3n) is 3.69. The van der Waals surface area contributed by atoms with Crippen LogP contribution < -0.4 is 10.1 Å². The summed E-state index contributed by atoms with van der Waals surface area (Å²) in [6, 6.07) is 9.15. The lowest BCUT2D eigenvalue weighted by Gasteiger charge is -2.28. The zero-order chi connectivity index (χ0) is 14.4. The lowest BCUT2D eigenvalue weighted by Crippen LogP contribution is -2.42. The highest BCUT2D eigenvalue weighted by Gasteiger charge is 2.14. The Bertz CT molecular complexity index is 382. The van der Waals surface area contributed by atoms with Crippen LogP contribution in [0.2, 0.25) is 0 Å². The molecule has 0 spiro atoms. The Kier molecular flexibility index (Phi) is 5.86. The van der Waals surface area contributed by atoms with Gasteiger partial charge in [0.2, 0.25) is 0 Å². The number of nitrogens with zero attached hydrogens (tertiary/aromatic N) is 1. The molecule has 0 saturated carbocycles. The normalized spacial score (nSPS) is 19.6. The van der Waals surface area contributed by atoms with E-state index in [9.17, 15) is 0 Å². The fourth-order valence-electron chi connectivity index (χ4n) is 2.78. The number of piperidine rings is 1. The van der Waals surface area contributed by atoms with E-state index in [4.69, 9.17) is 4.74 Å². The maximum absolute atomic E-state index is 5.67. The highest BCUT2D eigenvalue weighted by atomic mass is 16.5. The molecule has 1 aliphatic rings. The fraction of sp³-hybridized carbons (Fsp3) is 0.647. The number of nitrogens with one attached hydrogen (secondary N) is 1. The molecule has 1 atom stereocenters. The molecule has 1 heterocycles. The van der Waals surface area contributed by atoms with Gasteiger partial charge in [0.1, 0.15) is 5.75 Å². The van der Waals surface area contributed by atoms with Gasteiger partial charge in [-0.2, -0.15) is 0 Å². The van der Waals surface area contributed by atoms with E-state index >= 15 is 0 Å². The van der Waals surface area contributed by atoms with Crippen LogP contribution in [0.5, 0.6) is 5.75 Å². The van der Waals surface area contributed by atoms with Crippen LogP contribution in [-0.2, 0) is 6.54 Å². The molecule has 0 aliphatic carbocycles. The molecule has 0 amide bonds. The van der Waals surface area contributed by atoms with Crippen molar-refractivity contribution < 1.29 is 4.74 Å². The van der Waals surface area contributed by atoms with Crippen LogP contribution in [0.25, 0.3) is 0 Å². The fourth-order valence-corrected chi connectivity index (χ4v) is 2.78. The van der Waals surface area contributed by atoms with Gasteiger partial charge in [-0.15, -0.1) is 0 Å². The van der Waals surface area contributed by atoms with E-state index < -0.39 is 0 Å². The molecule has 2 rings (SSSR count). The molecule has 1 unspecified atom stereocenters. The van der Waals surface area contributed by atoms with Crippen LogP contribution in [0.15, 0.2) is 24.3 Å². The minimum Gasteiger partial charge on any atom is -0.491 e. The van der Waals surface area contributed by atoms with E-state index in [0.29, 0.717) is 6.04 Å². The van der Waals surface area contributed by atoms with Crippen molar-refractivity contribution in [3.05, 3.63) is 29.8 Å². The van der Waals surface area contributed by atoms with Crippen LogP contribution >= 0.6 is 0 Å². The first-order valence-electron chi connectivity index (χ1n) is 7.81. The van der Waals surface area contributed by atoms with E-state index in [-0.39, 0.29) is 6.10 Å². The Morgan fingerprint density at radius 2 is 2.00 bits per heavy atom. The number of rotatable bonds is 6. The largest absolute Gasteiger partial charge is 0.491 e. The van der Waals surface area contributed by atoms with E-state index in [1.807, 2.05) is 0 Å². The summed E-state index contributed by atoms with van der Waals surface area (Å²) in [5, 5.41) is 3.60. The van der Waals surface area contributed by atoms with Gasteiger partial charge in [0.25, 0.3) is 0 Å². The van der Waals surface area contributed by atoms with Crippen molar-refractivity contribution in [2.24, 2.45) is 0 Å². The summed E-state index contributed by atoms with van der Waals surface area (Å²) >= 11 is 0. The van der Waals surface area contributed by atoms with Gasteiger partial charge in [-0.05, 0) is 58.0 Å². The van der Waals surface area contributed by atoms with E-state index in [0.717, 1.165) is 18.8 Å². The second-order valence-electron chi connectivity index (χ2n) is 6.15. The lowest BCUT2D eigenvalue weighted by atomic mass is 10.0. The van der Waals surface area contributed by atoms with Crippen molar-refractivity contribution >= 4 is 0 Å². The van der Waals surface area contributed by atoms with Gasteiger partial charge in [0.15, 0.2) is 0 Å². The molecule has 1 aliphatic heterocycles. The first-order valence-corrected chi connectivity index (χ1v) is 7.81. The number of likely N-dealkylation sites (N-methyl/N-ethyl adjacent to an activating group) is 1. The molecular weight excluding hydrogens is 248 g/mol. The standard InChI is InChI=1S/C17H28N2O/c1-14(2)20-17-9-7-15(8-10-17)12-19(3)13-16-6-4-5-11-18-16/h7-10,14,16,18H,4-6,11-13H2,1-3H3. The Morgan fingerprint density at radius 3 is 2.60 bits per heavy atom. The molecule has 3 nitrogen and oxygen atoms in total. The molecule has 1 saturated heterocycles. The zero-order valence-corrected chi connectivity index (χ0v) is 13.1. The summed E-state index contributed by atoms with van der Waals surface area (Å²) in [5.41, 5.74) is 1.35. The molecule has 1 fully saturated rings. The summed E-state index contributed by atoms with van der Waals surface area (Å²) in [6.45, 7) is 7.42. The maximum atomic E-state index is 5.67. The van der Waals surface area contributed by atoms with Gasteiger partial charge in [-0.1, -0.05) is 18.6 Å². The molecule has 112 valence electrons. The second kappa shape index (κ2) is 7.65. The van der Waals surface area contributed by atoms with Gasteiger partial charge in [0, 0.05) is 19.1 Å². The molecule has 1 N–H and O–H groups in total. The lowest BCUT2D eigenvalue weighted by molar-refractivity contribution is 0.241. The predicted molar refractivity (Wildman–Crippen MR) is 84.2 cm³/mol. The van der Waals surface area contributed by atoms with Gasteiger partial charge in [0.05, 0.1) is 6.10 Å². The highest BCUT2D eigenvalue weighted by Crippen LogP contribution is 2.15. The molecule has 0 aromatic heterocycles. The van der Waals surface area contributed by atoms with Crippen LogP contribution in [0.4, 0.5) is 0 Å². The Morgan fingerprint density at radius 1 is 1.25 bits per heavy atom. The quantitative estimate of drug-likeness (QED) is 0.864. The number of hydrogen-bond donors (Lipinski definition) is 1. The van der Waals surface area contributed by atoms with Crippen molar-refractivity contribution in [1.29, 1.82) is 0 Å². The van der Waals surface area contributed by atoms with Crippen molar-refractivity contribution in [3.63, 3.8) is 0 Å². The highest BCUT2D eigenvalue weighted by molar-refractivity contribution is 5.27. The van der Waals surface area contributed by atoms with Crippen molar-refractivity contribution in [2.45, 2.75) is 51.8 Å². The van der Waals surface area contributed by atoms with Gasteiger partial charge < -0.3 is 15.0 Å². The number of ether oxygens (including phenoxy) is 1. The number of benzene rings is 1. The maximum Gasteiger partial charge on any atom is 0.119 e. The topological polar surface area (TPSA) is 24.5 Å². The van der Waals surface area contributed by atoms with E-state index in [2.05, 4.69) is 55.4 Å². The average molecular weight is 276 g/mol.